The molecule has 1 aromatic carbocycles. The first-order chi connectivity index (χ1) is 24.9. The summed E-state index contributed by atoms with van der Waals surface area (Å²) in [6, 6.07) is 5.89. The summed E-state index contributed by atoms with van der Waals surface area (Å²) in [4.78, 5) is 72.5. The van der Waals surface area contributed by atoms with E-state index in [1.807, 2.05) is 90.9 Å². The third-order valence-electron chi connectivity index (χ3n) is 10.8. The number of carboxylic acid groups (broad SMARTS) is 1. The van der Waals surface area contributed by atoms with E-state index in [2.05, 4.69) is 10.6 Å². The molecule has 0 radical (unpaired) electrons. The van der Waals surface area contributed by atoms with E-state index in [0.717, 1.165) is 12.0 Å². The van der Waals surface area contributed by atoms with E-state index in [-0.39, 0.29) is 48.3 Å². The highest BCUT2D eigenvalue weighted by Crippen LogP contribution is 2.30. The van der Waals surface area contributed by atoms with Crippen molar-refractivity contribution < 1.29 is 38.6 Å². The predicted octanol–water partition coefficient (Wildman–Crippen LogP) is 3.45. The normalized spacial score (nSPS) is 19.2. The molecule has 1 saturated heterocycles. The molecule has 4 amide bonds. The Morgan fingerprint density at radius 1 is 0.906 bits per heavy atom. The van der Waals surface area contributed by atoms with Gasteiger partial charge in [0.2, 0.25) is 23.6 Å². The van der Waals surface area contributed by atoms with Crippen molar-refractivity contribution in [2.45, 2.75) is 123 Å². The molecular formula is C40H67N5O8. The maximum absolute atomic E-state index is 14.2. The number of benzene rings is 1. The zero-order valence-corrected chi connectivity index (χ0v) is 34.1. The van der Waals surface area contributed by atoms with E-state index in [1.165, 1.54) is 14.2 Å². The molecule has 13 heteroatoms. The summed E-state index contributed by atoms with van der Waals surface area (Å²) in [6.45, 7) is 13.9. The number of carbonyl (C=O) groups is 5. The zero-order valence-electron chi connectivity index (χ0n) is 34.1. The van der Waals surface area contributed by atoms with Gasteiger partial charge in [-0.2, -0.15) is 0 Å². The van der Waals surface area contributed by atoms with E-state index in [4.69, 9.17) is 9.47 Å². The number of ether oxygens (including phenoxy) is 2. The summed E-state index contributed by atoms with van der Waals surface area (Å²) in [5.41, 5.74) is 0.785. The van der Waals surface area contributed by atoms with Crippen molar-refractivity contribution >= 4 is 29.6 Å². The van der Waals surface area contributed by atoms with Gasteiger partial charge >= 0.3 is 5.97 Å². The molecular weight excluding hydrogens is 678 g/mol. The summed E-state index contributed by atoms with van der Waals surface area (Å²) in [7, 11) is 8.44. The molecule has 0 aromatic heterocycles. The molecule has 1 fully saturated rings. The molecule has 1 aliphatic rings. The third kappa shape index (κ3) is 12.2. The van der Waals surface area contributed by atoms with Crippen LogP contribution in [0.5, 0.6) is 0 Å². The van der Waals surface area contributed by atoms with Crippen LogP contribution in [0, 0.1) is 23.7 Å². The Bertz CT molecular complexity index is 1330. The van der Waals surface area contributed by atoms with Crippen LogP contribution in [-0.2, 0) is 39.9 Å². The zero-order chi connectivity index (χ0) is 40.2. The van der Waals surface area contributed by atoms with Gasteiger partial charge < -0.3 is 35.0 Å². The number of methoxy groups -OCH3 is 2. The smallest absolute Gasteiger partial charge is 0.326 e. The molecule has 3 N–H and O–H groups in total. The summed E-state index contributed by atoms with van der Waals surface area (Å²) >= 11 is 0. The van der Waals surface area contributed by atoms with Crippen LogP contribution in [0.1, 0.15) is 79.7 Å². The molecule has 1 heterocycles. The molecule has 0 aliphatic carbocycles. The second-order valence-corrected chi connectivity index (χ2v) is 15.6. The quantitative estimate of drug-likeness (QED) is 0.172. The van der Waals surface area contributed by atoms with Gasteiger partial charge in [0.05, 0.1) is 42.7 Å². The van der Waals surface area contributed by atoms with Crippen LogP contribution in [0.25, 0.3) is 0 Å². The fourth-order valence-corrected chi connectivity index (χ4v) is 7.76. The van der Waals surface area contributed by atoms with Crippen LogP contribution in [0.3, 0.4) is 0 Å². The largest absolute Gasteiger partial charge is 0.480 e. The second-order valence-electron chi connectivity index (χ2n) is 15.6. The highest BCUT2D eigenvalue weighted by Gasteiger charge is 2.43. The van der Waals surface area contributed by atoms with E-state index in [9.17, 15) is 29.1 Å². The van der Waals surface area contributed by atoms with Gasteiger partial charge in [0.25, 0.3) is 0 Å². The number of carboxylic acids is 1. The summed E-state index contributed by atoms with van der Waals surface area (Å²) in [5, 5.41) is 15.6. The maximum Gasteiger partial charge on any atom is 0.326 e. The molecule has 0 saturated carbocycles. The standard InChI is InChI=1S/C40H67N5O8/c1-13-26(6)35(44(10)39(49)33(24(2)3)42-38(48)34(25(4)5)43(8)9)31(52-11)23-32(46)45-21-17-20-30(45)36(53-12)27(7)37(47)41-29(40(50)51)22-28-18-15-14-16-19-28/h14-16,18-19,24-27,29-31,33-36H,13,17,20-23H2,1-12H3,(H,41,47)(H,42,48)(H,50,51)/t26-,27+,29-,30-,31+,33?,34-,35-,36+/m0/s1. The number of likely N-dealkylation sites (N-methyl/N-ethyl adjacent to an activating group) is 2. The fraction of sp³-hybridized carbons (Fsp3) is 0.725. The highest BCUT2D eigenvalue weighted by atomic mass is 16.5. The number of hydrogen-bond acceptors (Lipinski definition) is 8. The molecule has 1 aromatic rings. The van der Waals surface area contributed by atoms with Crippen molar-refractivity contribution in [1.82, 2.24) is 25.3 Å². The number of rotatable bonds is 21. The van der Waals surface area contributed by atoms with Crippen LogP contribution in [0.15, 0.2) is 30.3 Å². The Labute approximate surface area is 317 Å². The number of amides is 4. The minimum absolute atomic E-state index is 0.0104. The second kappa shape index (κ2) is 21.4. The number of likely N-dealkylation sites (tertiary alicyclic amines) is 1. The van der Waals surface area contributed by atoms with Gasteiger partial charge in [-0.1, -0.05) is 85.2 Å². The molecule has 1 aliphatic heterocycles. The number of carbonyl (C=O) groups excluding carboxylic acids is 4. The van der Waals surface area contributed by atoms with Gasteiger partial charge in [-0.25, -0.2) is 4.79 Å². The van der Waals surface area contributed by atoms with Crippen molar-refractivity contribution in [2.75, 3.05) is 41.9 Å². The lowest BCUT2D eigenvalue weighted by atomic mass is 9.89. The van der Waals surface area contributed by atoms with Crippen molar-refractivity contribution in [1.29, 1.82) is 0 Å². The van der Waals surface area contributed by atoms with Crippen LogP contribution >= 0.6 is 0 Å². The Hall–Kier alpha value is -3.55. The first-order valence-electron chi connectivity index (χ1n) is 19.1. The lowest BCUT2D eigenvalue weighted by Gasteiger charge is -2.41. The fourth-order valence-electron chi connectivity index (χ4n) is 7.76. The number of nitrogens with one attached hydrogen (secondary N) is 2. The first kappa shape index (κ1) is 45.6. The monoisotopic (exact) mass is 745 g/mol. The van der Waals surface area contributed by atoms with Crippen LogP contribution in [0.4, 0.5) is 0 Å². The van der Waals surface area contributed by atoms with Gasteiger partial charge in [-0.3, -0.25) is 24.1 Å². The number of nitrogens with zero attached hydrogens (tertiary/aromatic N) is 3. The average Bonchev–Trinajstić information content (AvgIpc) is 3.59. The topological polar surface area (TPSA) is 158 Å². The van der Waals surface area contributed by atoms with Gasteiger partial charge in [0, 0.05) is 34.2 Å². The Balaban J connectivity index is 2.27. The van der Waals surface area contributed by atoms with Crippen LogP contribution in [0.2, 0.25) is 0 Å². The average molecular weight is 746 g/mol. The van der Waals surface area contributed by atoms with Gasteiger partial charge in [-0.05, 0) is 50.3 Å². The molecule has 0 bridgehead atoms. The minimum atomic E-state index is -1.14. The van der Waals surface area contributed by atoms with Gasteiger partial charge in [0.1, 0.15) is 12.1 Å². The minimum Gasteiger partial charge on any atom is -0.480 e. The van der Waals surface area contributed by atoms with E-state index >= 15 is 0 Å². The number of aliphatic carboxylic acids is 1. The van der Waals surface area contributed by atoms with Crippen molar-refractivity contribution in [3.05, 3.63) is 35.9 Å². The summed E-state index contributed by atoms with van der Waals surface area (Å²) in [6.07, 6.45) is 0.820. The Kier molecular flexibility index (Phi) is 18.4. The summed E-state index contributed by atoms with van der Waals surface area (Å²) < 4.78 is 11.9. The highest BCUT2D eigenvalue weighted by molar-refractivity contribution is 5.90. The molecule has 9 atom stereocenters. The van der Waals surface area contributed by atoms with Gasteiger partial charge in [0.15, 0.2) is 0 Å². The van der Waals surface area contributed by atoms with Crippen molar-refractivity contribution in [2.24, 2.45) is 23.7 Å². The van der Waals surface area contributed by atoms with E-state index < -0.39 is 60.2 Å². The molecule has 13 nitrogen and oxygen atoms in total. The predicted molar refractivity (Wildman–Crippen MR) is 205 cm³/mol. The molecule has 1 unspecified atom stereocenters. The SMILES string of the molecule is CC[C@H](C)[C@@H]([C@@H](CC(=O)N1CCC[C@H]1[C@H](OC)[C@@H](C)C(=O)N[C@@H](Cc1ccccc1)C(=O)O)OC)N(C)C(=O)C(NC(=O)[C@H](C(C)C)N(C)C)C(C)C. The lowest BCUT2D eigenvalue weighted by Crippen LogP contribution is -2.59. The van der Waals surface area contributed by atoms with Crippen molar-refractivity contribution in [3.8, 4) is 0 Å². The van der Waals surface area contributed by atoms with E-state index in [1.54, 1.807) is 23.8 Å². The van der Waals surface area contributed by atoms with Gasteiger partial charge in [-0.15, -0.1) is 0 Å². The number of hydrogen-bond donors (Lipinski definition) is 3. The molecule has 2 rings (SSSR count). The Morgan fingerprint density at radius 2 is 1.53 bits per heavy atom. The van der Waals surface area contributed by atoms with Crippen LogP contribution < -0.4 is 10.6 Å². The molecule has 53 heavy (non-hydrogen) atoms. The lowest BCUT2D eigenvalue weighted by molar-refractivity contribution is -0.148. The summed E-state index contributed by atoms with van der Waals surface area (Å²) in [5.74, 6) is -3.21. The van der Waals surface area contributed by atoms with E-state index in [0.29, 0.717) is 19.4 Å². The van der Waals surface area contributed by atoms with Crippen molar-refractivity contribution in [3.63, 3.8) is 0 Å². The molecule has 0 spiro atoms. The maximum atomic E-state index is 14.2. The molecule has 300 valence electrons. The van der Waals surface area contributed by atoms with Crippen LogP contribution in [-0.4, -0.2) is 134 Å². The Morgan fingerprint density at radius 3 is 2.02 bits per heavy atom. The first-order valence-corrected chi connectivity index (χ1v) is 19.1. The third-order valence-corrected chi connectivity index (χ3v) is 10.8.